The van der Waals surface area contributed by atoms with Crippen LogP contribution in [0.3, 0.4) is 0 Å². The third-order valence-corrected chi connectivity index (χ3v) is 2.52. The SMILES string of the molecule is Cc1ccoc1C(=O)c1ccccc1Cl. The number of carbonyl (C=O) groups is 1. The van der Waals surface area contributed by atoms with Gasteiger partial charge in [-0.3, -0.25) is 4.79 Å². The van der Waals surface area contributed by atoms with Crippen molar-refractivity contribution in [2.75, 3.05) is 0 Å². The Labute approximate surface area is 92.5 Å². The molecule has 0 aliphatic carbocycles. The van der Waals surface area contributed by atoms with E-state index in [1.54, 1.807) is 30.3 Å². The van der Waals surface area contributed by atoms with E-state index in [0.29, 0.717) is 16.3 Å². The van der Waals surface area contributed by atoms with E-state index in [4.69, 9.17) is 16.0 Å². The van der Waals surface area contributed by atoms with Crippen LogP contribution < -0.4 is 0 Å². The highest BCUT2D eigenvalue weighted by Crippen LogP contribution is 2.21. The van der Waals surface area contributed by atoms with Gasteiger partial charge in [0.05, 0.1) is 11.3 Å². The van der Waals surface area contributed by atoms with Crippen LogP contribution >= 0.6 is 11.6 Å². The first-order valence-corrected chi connectivity index (χ1v) is 4.91. The summed E-state index contributed by atoms with van der Waals surface area (Å²) in [5.74, 6) is 0.172. The minimum Gasteiger partial charge on any atom is -0.461 e. The molecular formula is C12H9ClO2. The highest BCUT2D eigenvalue weighted by molar-refractivity contribution is 6.34. The molecule has 0 atom stereocenters. The van der Waals surface area contributed by atoms with Gasteiger partial charge < -0.3 is 4.42 Å². The van der Waals surface area contributed by atoms with Crippen LogP contribution in [-0.4, -0.2) is 5.78 Å². The number of aryl methyl sites for hydroxylation is 1. The van der Waals surface area contributed by atoms with Crippen LogP contribution in [0.1, 0.15) is 21.7 Å². The van der Waals surface area contributed by atoms with Gasteiger partial charge in [-0.2, -0.15) is 0 Å². The van der Waals surface area contributed by atoms with Crippen LogP contribution in [0.2, 0.25) is 5.02 Å². The lowest BCUT2D eigenvalue weighted by molar-refractivity contribution is 0.101. The van der Waals surface area contributed by atoms with E-state index in [1.165, 1.54) is 6.26 Å². The lowest BCUT2D eigenvalue weighted by Gasteiger charge is -2.00. The zero-order valence-electron chi connectivity index (χ0n) is 8.16. The molecule has 3 heteroatoms. The molecule has 76 valence electrons. The minimum atomic E-state index is -0.178. The first-order valence-electron chi connectivity index (χ1n) is 4.53. The second-order valence-electron chi connectivity index (χ2n) is 3.24. The van der Waals surface area contributed by atoms with Crippen LogP contribution in [0.25, 0.3) is 0 Å². The molecule has 15 heavy (non-hydrogen) atoms. The maximum absolute atomic E-state index is 12.0. The number of hydrogen-bond donors (Lipinski definition) is 0. The van der Waals surface area contributed by atoms with Gasteiger partial charge in [0, 0.05) is 5.56 Å². The molecule has 0 aliphatic rings. The fourth-order valence-electron chi connectivity index (χ4n) is 1.37. The van der Waals surface area contributed by atoms with Crippen molar-refractivity contribution in [3.8, 4) is 0 Å². The highest BCUT2D eigenvalue weighted by atomic mass is 35.5. The number of rotatable bonds is 2. The van der Waals surface area contributed by atoms with Gasteiger partial charge in [0.15, 0.2) is 5.76 Å². The van der Waals surface area contributed by atoms with Crippen molar-refractivity contribution in [1.29, 1.82) is 0 Å². The molecule has 0 N–H and O–H groups in total. The van der Waals surface area contributed by atoms with E-state index in [0.717, 1.165) is 5.56 Å². The Morgan fingerprint density at radius 2 is 2.00 bits per heavy atom. The van der Waals surface area contributed by atoms with Gasteiger partial charge in [0.2, 0.25) is 5.78 Å². The Balaban J connectivity index is 2.46. The third-order valence-electron chi connectivity index (χ3n) is 2.19. The third kappa shape index (κ3) is 1.81. The number of halogens is 1. The zero-order chi connectivity index (χ0) is 10.8. The predicted octanol–water partition coefficient (Wildman–Crippen LogP) is 3.47. The van der Waals surface area contributed by atoms with Gasteiger partial charge in [-0.15, -0.1) is 0 Å². The van der Waals surface area contributed by atoms with Crippen molar-refractivity contribution >= 4 is 17.4 Å². The van der Waals surface area contributed by atoms with Crippen molar-refractivity contribution in [2.24, 2.45) is 0 Å². The number of carbonyl (C=O) groups excluding carboxylic acids is 1. The summed E-state index contributed by atoms with van der Waals surface area (Å²) < 4.78 is 5.13. The molecule has 1 heterocycles. The number of benzene rings is 1. The predicted molar refractivity (Wildman–Crippen MR) is 58.3 cm³/mol. The van der Waals surface area contributed by atoms with Gasteiger partial charge in [-0.05, 0) is 30.7 Å². The van der Waals surface area contributed by atoms with Gasteiger partial charge in [0.25, 0.3) is 0 Å². The topological polar surface area (TPSA) is 30.2 Å². The minimum absolute atomic E-state index is 0.178. The Bertz CT molecular complexity index is 500. The largest absolute Gasteiger partial charge is 0.461 e. The van der Waals surface area contributed by atoms with Crippen molar-refractivity contribution < 1.29 is 9.21 Å². The highest BCUT2D eigenvalue weighted by Gasteiger charge is 2.17. The summed E-state index contributed by atoms with van der Waals surface area (Å²) >= 11 is 5.93. The second kappa shape index (κ2) is 3.91. The summed E-state index contributed by atoms with van der Waals surface area (Å²) in [6.07, 6.45) is 1.50. The maximum Gasteiger partial charge on any atom is 0.229 e. The van der Waals surface area contributed by atoms with Crippen LogP contribution in [-0.2, 0) is 0 Å². The Morgan fingerprint density at radius 3 is 2.60 bits per heavy atom. The van der Waals surface area contributed by atoms with Crippen molar-refractivity contribution in [2.45, 2.75) is 6.92 Å². The smallest absolute Gasteiger partial charge is 0.229 e. The molecule has 2 aromatic rings. The molecule has 2 nitrogen and oxygen atoms in total. The lowest BCUT2D eigenvalue weighted by atomic mass is 10.1. The monoisotopic (exact) mass is 220 g/mol. The summed E-state index contributed by atoms with van der Waals surface area (Å²) in [5.41, 5.74) is 1.29. The van der Waals surface area contributed by atoms with Crippen molar-refractivity contribution in [3.63, 3.8) is 0 Å². The summed E-state index contributed by atoms with van der Waals surface area (Å²) in [6, 6.07) is 8.69. The average Bonchev–Trinajstić information content (AvgIpc) is 2.64. The van der Waals surface area contributed by atoms with Crippen LogP contribution in [0.4, 0.5) is 0 Å². The van der Waals surface area contributed by atoms with E-state index < -0.39 is 0 Å². The van der Waals surface area contributed by atoms with Crippen LogP contribution in [0.5, 0.6) is 0 Å². The second-order valence-corrected chi connectivity index (χ2v) is 3.65. The van der Waals surface area contributed by atoms with Crippen molar-refractivity contribution in [3.05, 3.63) is 58.5 Å². The standard InChI is InChI=1S/C12H9ClO2/c1-8-6-7-15-12(8)11(14)9-4-2-3-5-10(9)13/h2-7H,1H3. The molecule has 0 saturated carbocycles. The number of hydrogen-bond acceptors (Lipinski definition) is 2. The van der Waals surface area contributed by atoms with E-state index in [2.05, 4.69) is 0 Å². The molecule has 2 rings (SSSR count). The molecule has 0 bridgehead atoms. The average molecular weight is 221 g/mol. The van der Waals surface area contributed by atoms with Crippen molar-refractivity contribution in [1.82, 2.24) is 0 Å². The van der Waals surface area contributed by atoms with E-state index in [1.807, 2.05) is 6.92 Å². The summed E-state index contributed by atoms with van der Waals surface area (Å²) in [5, 5.41) is 0.443. The molecule has 0 fully saturated rings. The first-order chi connectivity index (χ1) is 7.20. The van der Waals surface area contributed by atoms with Gasteiger partial charge >= 0.3 is 0 Å². The van der Waals surface area contributed by atoms with E-state index in [-0.39, 0.29) is 5.78 Å². The van der Waals surface area contributed by atoms with E-state index in [9.17, 15) is 4.79 Å². The number of furan rings is 1. The quantitative estimate of drug-likeness (QED) is 0.726. The van der Waals surface area contributed by atoms with Crippen LogP contribution in [0, 0.1) is 6.92 Å². The van der Waals surface area contributed by atoms with Gasteiger partial charge in [-0.1, -0.05) is 23.7 Å². The molecule has 0 aliphatic heterocycles. The molecule has 1 aromatic heterocycles. The number of ketones is 1. The first kappa shape index (κ1) is 9.99. The maximum atomic E-state index is 12.0. The molecule has 0 spiro atoms. The Morgan fingerprint density at radius 1 is 1.27 bits per heavy atom. The molecule has 0 amide bonds. The van der Waals surface area contributed by atoms with Gasteiger partial charge in [0.1, 0.15) is 0 Å². The summed E-state index contributed by atoms with van der Waals surface area (Å²) in [4.78, 5) is 12.0. The summed E-state index contributed by atoms with van der Waals surface area (Å²) in [6.45, 7) is 1.83. The van der Waals surface area contributed by atoms with E-state index >= 15 is 0 Å². The molecule has 0 saturated heterocycles. The normalized spacial score (nSPS) is 10.3. The van der Waals surface area contributed by atoms with Crippen LogP contribution in [0.15, 0.2) is 41.0 Å². The molecular weight excluding hydrogens is 212 g/mol. The summed E-state index contributed by atoms with van der Waals surface area (Å²) in [7, 11) is 0. The Kier molecular flexibility index (Phi) is 2.60. The zero-order valence-corrected chi connectivity index (χ0v) is 8.91. The molecule has 1 aromatic carbocycles. The molecule has 0 unspecified atom stereocenters. The Hall–Kier alpha value is -1.54. The fourth-order valence-corrected chi connectivity index (χ4v) is 1.59. The van der Waals surface area contributed by atoms with Gasteiger partial charge in [-0.25, -0.2) is 0 Å². The lowest BCUT2D eigenvalue weighted by Crippen LogP contribution is -2.01. The molecule has 0 radical (unpaired) electrons. The fraction of sp³-hybridized carbons (Fsp3) is 0.0833.